The Kier molecular flexibility index (Phi) is 4.78. The van der Waals surface area contributed by atoms with Crippen molar-refractivity contribution in [3.05, 3.63) is 0 Å². The molecule has 1 saturated carbocycles. The minimum absolute atomic E-state index is 0.237. The van der Waals surface area contributed by atoms with E-state index in [1.165, 1.54) is 12.8 Å². The highest BCUT2D eigenvalue weighted by Gasteiger charge is 2.36. The quantitative estimate of drug-likeness (QED) is 0.722. The van der Waals surface area contributed by atoms with Gasteiger partial charge >= 0.3 is 0 Å². The molecule has 1 atom stereocenters. The summed E-state index contributed by atoms with van der Waals surface area (Å²) >= 11 is 0. The van der Waals surface area contributed by atoms with E-state index in [0.29, 0.717) is 6.04 Å². The summed E-state index contributed by atoms with van der Waals surface area (Å²) in [4.78, 5) is 13.9. The van der Waals surface area contributed by atoms with E-state index < -0.39 is 5.54 Å². The first-order chi connectivity index (χ1) is 8.12. The number of carbonyl (C=O) groups excluding carboxylic acids is 1. The Labute approximate surface area is 111 Å². The van der Waals surface area contributed by atoms with Crippen LogP contribution in [0.1, 0.15) is 47.0 Å². The van der Waals surface area contributed by atoms with Crippen molar-refractivity contribution in [3.63, 3.8) is 0 Å². The molecule has 18 heavy (non-hydrogen) atoms. The van der Waals surface area contributed by atoms with Crippen molar-refractivity contribution in [2.24, 2.45) is 11.1 Å². The Bertz CT molecular complexity index is 294. The van der Waals surface area contributed by atoms with Crippen LogP contribution in [0.15, 0.2) is 0 Å². The lowest BCUT2D eigenvalue weighted by atomic mass is 9.94. The lowest BCUT2D eigenvalue weighted by Gasteiger charge is -2.32. The third kappa shape index (κ3) is 5.36. The molecule has 0 aromatic heterocycles. The van der Waals surface area contributed by atoms with E-state index in [2.05, 4.69) is 38.0 Å². The fourth-order valence-corrected chi connectivity index (χ4v) is 2.25. The molecular formula is C14H29N3O. The minimum atomic E-state index is -0.562. The Morgan fingerprint density at radius 1 is 1.33 bits per heavy atom. The number of primary amides is 1. The molecule has 0 heterocycles. The standard InChI is InChI=1S/C14H29N3O/c1-13(2,3)10-17(5)9-8-14(4,12(15)18)16-11-6-7-11/h11,16H,6-10H2,1-5H3,(H2,15,18). The SMILES string of the molecule is CN(CCC(C)(NC1CC1)C(N)=O)CC(C)(C)C. The number of nitrogens with one attached hydrogen (secondary N) is 1. The van der Waals surface area contributed by atoms with Crippen molar-refractivity contribution in [3.8, 4) is 0 Å². The molecule has 0 aliphatic heterocycles. The van der Waals surface area contributed by atoms with Crippen molar-refractivity contribution >= 4 is 5.91 Å². The van der Waals surface area contributed by atoms with Gasteiger partial charge in [-0.05, 0) is 38.6 Å². The zero-order valence-corrected chi connectivity index (χ0v) is 12.5. The van der Waals surface area contributed by atoms with Crippen LogP contribution in [0.25, 0.3) is 0 Å². The zero-order valence-electron chi connectivity index (χ0n) is 12.5. The third-order valence-corrected chi connectivity index (χ3v) is 3.38. The summed E-state index contributed by atoms with van der Waals surface area (Å²) in [6.07, 6.45) is 3.10. The molecule has 0 bridgehead atoms. The van der Waals surface area contributed by atoms with Crippen LogP contribution in [0.3, 0.4) is 0 Å². The van der Waals surface area contributed by atoms with Gasteiger partial charge in [0, 0.05) is 19.1 Å². The summed E-state index contributed by atoms with van der Waals surface area (Å²) in [5.41, 5.74) is 5.26. The number of amides is 1. The molecule has 0 aromatic carbocycles. The van der Waals surface area contributed by atoms with Crippen molar-refractivity contribution in [1.82, 2.24) is 10.2 Å². The molecule has 0 aromatic rings. The fraction of sp³-hybridized carbons (Fsp3) is 0.929. The fourth-order valence-electron chi connectivity index (χ4n) is 2.25. The van der Waals surface area contributed by atoms with Crippen LogP contribution in [-0.4, -0.2) is 42.5 Å². The van der Waals surface area contributed by atoms with E-state index in [9.17, 15) is 4.79 Å². The number of hydrogen-bond donors (Lipinski definition) is 2. The minimum Gasteiger partial charge on any atom is -0.368 e. The molecule has 1 rings (SSSR count). The second-order valence-electron chi connectivity index (χ2n) is 7.16. The van der Waals surface area contributed by atoms with Crippen molar-refractivity contribution < 1.29 is 4.79 Å². The predicted molar refractivity (Wildman–Crippen MR) is 75.3 cm³/mol. The molecule has 106 valence electrons. The van der Waals surface area contributed by atoms with Crippen LogP contribution in [0.5, 0.6) is 0 Å². The smallest absolute Gasteiger partial charge is 0.237 e. The van der Waals surface area contributed by atoms with E-state index in [0.717, 1.165) is 19.5 Å². The maximum Gasteiger partial charge on any atom is 0.237 e. The normalized spacial score (nSPS) is 19.9. The molecule has 3 N–H and O–H groups in total. The zero-order chi connectivity index (χ0) is 14.0. The van der Waals surface area contributed by atoms with E-state index in [1.807, 2.05) is 6.92 Å². The van der Waals surface area contributed by atoms with Gasteiger partial charge in [0.25, 0.3) is 0 Å². The van der Waals surface area contributed by atoms with Crippen LogP contribution in [0.4, 0.5) is 0 Å². The van der Waals surface area contributed by atoms with Crippen molar-refractivity contribution in [1.29, 1.82) is 0 Å². The average molecular weight is 255 g/mol. The Morgan fingerprint density at radius 2 is 1.89 bits per heavy atom. The predicted octanol–water partition coefficient (Wildman–Crippen LogP) is 1.35. The molecule has 0 spiro atoms. The number of rotatable bonds is 7. The van der Waals surface area contributed by atoms with E-state index in [-0.39, 0.29) is 11.3 Å². The monoisotopic (exact) mass is 255 g/mol. The van der Waals surface area contributed by atoms with Crippen molar-refractivity contribution in [2.75, 3.05) is 20.1 Å². The van der Waals surface area contributed by atoms with Gasteiger partial charge in [-0.1, -0.05) is 20.8 Å². The van der Waals surface area contributed by atoms with Gasteiger partial charge in [-0.3, -0.25) is 4.79 Å². The maximum absolute atomic E-state index is 11.6. The molecule has 1 unspecified atom stereocenters. The summed E-state index contributed by atoms with van der Waals surface area (Å²) in [7, 11) is 2.10. The van der Waals surface area contributed by atoms with Gasteiger partial charge in [-0.15, -0.1) is 0 Å². The second-order valence-corrected chi connectivity index (χ2v) is 7.16. The Hall–Kier alpha value is -0.610. The summed E-state index contributed by atoms with van der Waals surface area (Å²) in [5, 5.41) is 3.38. The summed E-state index contributed by atoms with van der Waals surface area (Å²) in [6, 6.07) is 0.496. The number of nitrogens with two attached hydrogens (primary N) is 1. The first-order valence-corrected chi connectivity index (χ1v) is 6.88. The molecule has 1 fully saturated rings. The molecule has 0 radical (unpaired) electrons. The number of hydrogen-bond acceptors (Lipinski definition) is 3. The van der Waals surface area contributed by atoms with Crippen LogP contribution in [0, 0.1) is 5.41 Å². The first kappa shape index (κ1) is 15.4. The lowest BCUT2D eigenvalue weighted by Crippen LogP contribution is -2.55. The van der Waals surface area contributed by atoms with Gasteiger partial charge in [0.2, 0.25) is 5.91 Å². The van der Waals surface area contributed by atoms with Crippen LogP contribution in [-0.2, 0) is 4.79 Å². The molecule has 0 saturated heterocycles. The average Bonchev–Trinajstić information content (AvgIpc) is 2.95. The first-order valence-electron chi connectivity index (χ1n) is 6.88. The second kappa shape index (κ2) is 5.57. The van der Waals surface area contributed by atoms with Gasteiger partial charge < -0.3 is 16.0 Å². The van der Waals surface area contributed by atoms with Gasteiger partial charge in [-0.2, -0.15) is 0 Å². The van der Waals surface area contributed by atoms with E-state index in [4.69, 9.17) is 5.73 Å². The summed E-state index contributed by atoms with van der Waals surface area (Å²) in [5.74, 6) is -0.237. The third-order valence-electron chi connectivity index (χ3n) is 3.38. The maximum atomic E-state index is 11.6. The van der Waals surface area contributed by atoms with Gasteiger partial charge in [0.1, 0.15) is 0 Å². The van der Waals surface area contributed by atoms with E-state index >= 15 is 0 Å². The number of nitrogens with zero attached hydrogens (tertiary/aromatic N) is 1. The van der Waals surface area contributed by atoms with Crippen LogP contribution >= 0.6 is 0 Å². The highest BCUT2D eigenvalue weighted by Crippen LogP contribution is 2.24. The summed E-state index contributed by atoms with van der Waals surface area (Å²) in [6.45, 7) is 10.5. The highest BCUT2D eigenvalue weighted by atomic mass is 16.1. The van der Waals surface area contributed by atoms with Crippen LogP contribution in [0.2, 0.25) is 0 Å². The van der Waals surface area contributed by atoms with Gasteiger partial charge in [0.15, 0.2) is 0 Å². The van der Waals surface area contributed by atoms with Gasteiger partial charge in [-0.25, -0.2) is 0 Å². The molecule has 4 nitrogen and oxygen atoms in total. The topological polar surface area (TPSA) is 58.4 Å². The molecule has 1 aliphatic rings. The Morgan fingerprint density at radius 3 is 2.28 bits per heavy atom. The highest BCUT2D eigenvalue weighted by molar-refractivity contribution is 5.84. The lowest BCUT2D eigenvalue weighted by molar-refractivity contribution is -0.124. The van der Waals surface area contributed by atoms with Crippen molar-refractivity contribution in [2.45, 2.75) is 58.5 Å². The molecule has 4 heteroatoms. The molecule has 1 aliphatic carbocycles. The molecular weight excluding hydrogens is 226 g/mol. The molecule has 1 amide bonds. The van der Waals surface area contributed by atoms with Crippen LogP contribution < -0.4 is 11.1 Å². The Balaban J connectivity index is 2.44. The van der Waals surface area contributed by atoms with Gasteiger partial charge in [0.05, 0.1) is 5.54 Å². The van der Waals surface area contributed by atoms with E-state index in [1.54, 1.807) is 0 Å². The summed E-state index contributed by atoms with van der Waals surface area (Å²) < 4.78 is 0. The number of carbonyl (C=O) groups is 1. The largest absolute Gasteiger partial charge is 0.368 e.